The van der Waals surface area contributed by atoms with Gasteiger partial charge in [0.05, 0.1) is 29.3 Å². The summed E-state index contributed by atoms with van der Waals surface area (Å²) in [5.41, 5.74) is 2.54. The number of amides is 5. The Kier molecular flexibility index (Phi) is 11.2. The molecule has 2 aliphatic heterocycles. The van der Waals surface area contributed by atoms with E-state index in [1.807, 2.05) is 0 Å². The van der Waals surface area contributed by atoms with Crippen LogP contribution < -0.4 is 16.0 Å². The van der Waals surface area contributed by atoms with E-state index in [2.05, 4.69) is 70.5 Å². The van der Waals surface area contributed by atoms with Gasteiger partial charge in [-0.1, -0.05) is 66.2 Å². The van der Waals surface area contributed by atoms with Gasteiger partial charge in [0.2, 0.25) is 17.7 Å². The molecule has 11 nitrogen and oxygen atoms in total. The number of nitrogens with one attached hydrogen (secondary N) is 3. The lowest BCUT2D eigenvalue weighted by Gasteiger charge is -2.71. The number of hydrogen-bond donors (Lipinski definition) is 4. The number of anilines is 1. The van der Waals surface area contributed by atoms with Gasteiger partial charge in [-0.25, -0.2) is 0 Å². The van der Waals surface area contributed by atoms with E-state index in [0.29, 0.717) is 55.7 Å². The molecule has 5 aliphatic carbocycles. The largest absolute Gasteiger partial charge is 0.393 e. The molecule has 4 N–H and O–H groups in total. The summed E-state index contributed by atoms with van der Waals surface area (Å²) in [4.78, 5) is 66.2. The van der Waals surface area contributed by atoms with E-state index in [9.17, 15) is 29.1 Å². The van der Waals surface area contributed by atoms with Gasteiger partial charge >= 0.3 is 0 Å². The zero-order chi connectivity index (χ0) is 43.0. The van der Waals surface area contributed by atoms with Crippen LogP contribution >= 0.6 is 0 Å². The summed E-state index contributed by atoms with van der Waals surface area (Å²) in [6.45, 7) is 19.2. The summed E-state index contributed by atoms with van der Waals surface area (Å²) in [6.07, 6.45) is 13.7. The van der Waals surface area contributed by atoms with Crippen molar-refractivity contribution in [3.8, 4) is 0 Å². The van der Waals surface area contributed by atoms with Gasteiger partial charge in [-0.05, 0) is 140 Å². The lowest BCUT2D eigenvalue weighted by molar-refractivity contribution is -0.204. The summed E-state index contributed by atoms with van der Waals surface area (Å²) in [5.74, 6) is 0.495. The minimum Gasteiger partial charge on any atom is -0.393 e. The predicted molar refractivity (Wildman–Crippen MR) is 230 cm³/mol. The molecular formula is C49H70N4O7. The molecule has 0 aromatic heterocycles. The lowest BCUT2D eigenvalue weighted by Crippen LogP contribution is -2.66. The SMILES string of the molecule is C[C@H]1[C@H](C)CC[C@]2(C(=O)NCCCCOCCNc3cccc4c3C(=O)N(C3CCC(=O)NC3=O)C4=O)CC[C@]3(C)C(=CC[C@@H]4[C@@]5(C)CC[C@H](O)C(C)(C)C5CC[C@]43C)[C@H]12. The van der Waals surface area contributed by atoms with Crippen molar-refractivity contribution in [2.24, 2.45) is 56.7 Å². The van der Waals surface area contributed by atoms with Gasteiger partial charge in [0.1, 0.15) is 6.04 Å². The van der Waals surface area contributed by atoms with Crippen LogP contribution in [0.25, 0.3) is 0 Å². The number of rotatable bonds is 11. The number of benzene rings is 1. The summed E-state index contributed by atoms with van der Waals surface area (Å²) in [6, 6.07) is 4.02. The first-order valence-corrected chi connectivity index (χ1v) is 23.3. The van der Waals surface area contributed by atoms with Gasteiger partial charge < -0.3 is 20.5 Å². The van der Waals surface area contributed by atoms with Crippen molar-refractivity contribution in [3.05, 3.63) is 41.0 Å². The van der Waals surface area contributed by atoms with Gasteiger partial charge in [-0.2, -0.15) is 0 Å². The number of hydrogen-bond acceptors (Lipinski definition) is 8. The normalized spacial score (nSPS) is 39.4. The molecule has 0 spiro atoms. The van der Waals surface area contributed by atoms with Crippen molar-refractivity contribution in [1.82, 2.24) is 15.5 Å². The van der Waals surface area contributed by atoms with Gasteiger partial charge in [-0.3, -0.25) is 34.2 Å². The highest BCUT2D eigenvalue weighted by Gasteiger charge is 2.69. The van der Waals surface area contributed by atoms with Crippen molar-refractivity contribution in [3.63, 3.8) is 0 Å². The number of carbonyl (C=O) groups is 5. The van der Waals surface area contributed by atoms with Crippen LogP contribution in [0, 0.1) is 56.7 Å². The number of aliphatic hydroxyl groups is 1. The minimum atomic E-state index is -1.01. The van der Waals surface area contributed by atoms with E-state index < -0.39 is 29.7 Å². The Labute approximate surface area is 357 Å². The average Bonchev–Trinajstić information content (AvgIpc) is 3.46. The van der Waals surface area contributed by atoms with Crippen LogP contribution in [-0.4, -0.2) is 78.0 Å². The van der Waals surface area contributed by atoms with Gasteiger partial charge in [0.15, 0.2) is 0 Å². The predicted octanol–water partition coefficient (Wildman–Crippen LogP) is 7.43. The minimum absolute atomic E-state index is 0.0553. The highest BCUT2D eigenvalue weighted by atomic mass is 16.5. The van der Waals surface area contributed by atoms with Gasteiger partial charge in [0.25, 0.3) is 11.8 Å². The topological polar surface area (TPSA) is 154 Å². The summed E-state index contributed by atoms with van der Waals surface area (Å²) < 4.78 is 5.93. The third kappa shape index (κ3) is 6.52. The molecule has 5 amide bonds. The van der Waals surface area contributed by atoms with E-state index in [1.165, 1.54) is 12.8 Å². The molecule has 11 atom stereocenters. The molecule has 0 bridgehead atoms. The number of allylic oxidation sites excluding steroid dienone is 2. The molecule has 2 heterocycles. The Morgan fingerprint density at radius 1 is 0.883 bits per heavy atom. The zero-order valence-electron chi connectivity index (χ0n) is 37.2. The van der Waals surface area contributed by atoms with Crippen molar-refractivity contribution in [2.75, 3.05) is 31.6 Å². The molecule has 0 radical (unpaired) electrons. The van der Waals surface area contributed by atoms with Crippen LogP contribution in [0.2, 0.25) is 0 Å². The summed E-state index contributed by atoms with van der Waals surface area (Å²) in [7, 11) is 0. The highest BCUT2D eigenvalue weighted by molar-refractivity contribution is 6.25. The van der Waals surface area contributed by atoms with Crippen molar-refractivity contribution < 1.29 is 33.8 Å². The number of nitrogens with zero attached hydrogens (tertiary/aromatic N) is 1. The van der Waals surface area contributed by atoms with Crippen LogP contribution in [0.1, 0.15) is 153 Å². The first kappa shape index (κ1) is 43.1. The highest BCUT2D eigenvalue weighted by Crippen LogP contribution is 2.75. The molecule has 11 heteroatoms. The van der Waals surface area contributed by atoms with Gasteiger partial charge in [0, 0.05) is 31.8 Å². The second kappa shape index (κ2) is 15.7. The van der Waals surface area contributed by atoms with E-state index in [0.717, 1.165) is 62.7 Å². The molecular weight excluding hydrogens is 757 g/mol. The number of aliphatic hydroxyl groups excluding tert-OH is 1. The molecule has 4 saturated carbocycles. The quantitative estimate of drug-likeness (QED) is 0.102. The Morgan fingerprint density at radius 3 is 2.43 bits per heavy atom. The van der Waals surface area contributed by atoms with Crippen molar-refractivity contribution in [1.29, 1.82) is 0 Å². The first-order valence-electron chi connectivity index (χ1n) is 23.3. The summed E-state index contributed by atoms with van der Waals surface area (Å²) >= 11 is 0. The van der Waals surface area contributed by atoms with E-state index in [4.69, 9.17) is 4.74 Å². The van der Waals surface area contributed by atoms with Gasteiger partial charge in [-0.15, -0.1) is 0 Å². The molecule has 1 aromatic rings. The van der Waals surface area contributed by atoms with E-state index in [-0.39, 0.29) is 69.0 Å². The molecule has 7 aliphatic rings. The molecule has 60 heavy (non-hydrogen) atoms. The van der Waals surface area contributed by atoms with Crippen molar-refractivity contribution in [2.45, 2.75) is 144 Å². The molecule has 1 aromatic carbocycles. The van der Waals surface area contributed by atoms with Crippen LogP contribution in [-0.2, 0) is 19.1 Å². The maximum atomic E-state index is 14.6. The Morgan fingerprint density at radius 2 is 1.67 bits per heavy atom. The zero-order valence-corrected chi connectivity index (χ0v) is 37.2. The maximum Gasteiger partial charge on any atom is 0.264 e. The van der Waals surface area contributed by atoms with E-state index >= 15 is 0 Å². The molecule has 8 rings (SSSR count). The fraction of sp³-hybridized carbons (Fsp3) is 0.735. The standard InChI is InChI=1S/C49H70N4O7/c1-29-17-22-49(24-23-47(6)32(40(49)30(29)2)13-15-36-46(5)20-19-37(54)45(3,4)35(46)18-21-48(36,47)7)44(59)51-25-8-9-27-60-28-26-50-33-12-10-11-31-39(33)43(58)53(42(31)57)34-14-16-38(55)52-41(34)56/h10-13,29-30,34-37,40,50,54H,8-9,14-28H2,1-7H3,(H,51,59)(H,52,55,56)/t29-,30+,34?,35?,36-,37+,40+,46+,47-,48-,49+/m1/s1. The van der Waals surface area contributed by atoms with Crippen LogP contribution in [0.3, 0.4) is 0 Å². The Bertz CT molecular complexity index is 1960. The second-order valence-electron chi connectivity index (χ2n) is 21.4. The molecule has 5 fully saturated rings. The monoisotopic (exact) mass is 827 g/mol. The molecule has 2 unspecified atom stereocenters. The first-order chi connectivity index (χ1) is 28.4. The number of imide groups is 2. The Hall–Kier alpha value is -3.57. The van der Waals surface area contributed by atoms with Crippen LogP contribution in [0.4, 0.5) is 5.69 Å². The molecule has 1 saturated heterocycles. The van der Waals surface area contributed by atoms with E-state index in [1.54, 1.807) is 23.8 Å². The average molecular weight is 827 g/mol. The fourth-order valence-electron chi connectivity index (χ4n) is 14.6. The van der Waals surface area contributed by atoms with Crippen molar-refractivity contribution >= 4 is 35.2 Å². The third-order valence-corrected chi connectivity index (χ3v) is 18.5. The Balaban J connectivity index is 0.847. The van der Waals surface area contributed by atoms with Crippen LogP contribution in [0.15, 0.2) is 29.8 Å². The maximum absolute atomic E-state index is 14.6. The number of fused-ring (bicyclic) bond motifs is 8. The third-order valence-electron chi connectivity index (χ3n) is 18.5. The van der Waals surface area contributed by atoms with Crippen LogP contribution in [0.5, 0.6) is 0 Å². The second-order valence-corrected chi connectivity index (χ2v) is 21.4. The number of carbonyl (C=O) groups excluding carboxylic acids is 5. The fourth-order valence-corrected chi connectivity index (χ4v) is 14.6. The smallest absolute Gasteiger partial charge is 0.264 e. The number of unbranched alkanes of at least 4 members (excludes halogenated alkanes) is 1. The lowest BCUT2D eigenvalue weighted by atomic mass is 9.33. The number of ether oxygens (including phenoxy) is 1. The summed E-state index contributed by atoms with van der Waals surface area (Å²) in [5, 5.41) is 20.0. The molecule has 328 valence electrons. The number of piperidine rings is 1.